The Morgan fingerprint density at radius 1 is 0.966 bits per heavy atom. The van der Waals surface area contributed by atoms with Crippen molar-refractivity contribution in [1.82, 2.24) is 9.80 Å². The van der Waals surface area contributed by atoms with Crippen LogP contribution in [0, 0.1) is 0 Å². The molecule has 0 aliphatic carbocycles. The van der Waals surface area contributed by atoms with Gasteiger partial charge < -0.3 is 19.5 Å². The Labute approximate surface area is 172 Å². The van der Waals surface area contributed by atoms with E-state index in [1.807, 2.05) is 59.5 Å². The van der Waals surface area contributed by atoms with Crippen molar-refractivity contribution in [3.05, 3.63) is 60.2 Å². The standard InChI is InChI=1S/C23H30N2O4/c1-2-19(18-26)24-12-14-25(15-13-24)23(27)21-10-6-7-11-22(21)29-17-16-28-20-8-4-3-5-9-20/h3-11,19,26H,2,12-18H2,1H3/t19-/m0/s1. The number of piperazine rings is 1. The summed E-state index contributed by atoms with van der Waals surface area (Å²) >= 11 is 0. The molecular formula is C23H30N2O4. The average Bonchev–Trinajstić information content (AvgIpc) is 2.78. The second-order valence-electron chi connectivity index (χ2n) is 7.08. The molecule has 1 N–H and O–H groups in total. The number of ether oxygens (including phenoxy) is 2. The van der Waals surface area contributed by atoms with Crippen molar-refractivity contribution >= 4 is 5.91 Å². The van der Waals surface area contributed by atoms with Crippen LogP contribution in [0.1, 0.15) is 23.7 Å². The fourth-order valence-electron chi connectivity index (χ4n) is 3.56. The van der Waals surface area contributed by atoms with Gasteiger partial charge in [-0.3, -0.25) is 9.69 Å². The monoisotopic (exact) mass is 398 g/mol. The van der Waals surface area contributed by atoms with Gasteiger partial charge in [0.05, 0.1) is 12.2 Å². The zero-order valence-corrected chi connectivity index (χ0v) is 17.0. The molecule has 3 rings (SSSR count). The van der Waals surface area contributed by atoms with Gasteiger partial charge >= 0.3 is 0 Å². The van der Waals surface area contributed by atoms with Gasteiger partial charge in [0, 0.05) is 32.2 Å². The highest BCUT2D eigenvalue weighted by atomic mass is 16.5. The Hall–Kier alpha value is -2.57. The van der Waals surface area contributed by atoms with Crippen LogP contribution < -0.4 is 9.47 Å². The van der Waals surface area contributed by atoms with Crippen molar-refractivity contribution < 1.29 is 19.4 Å². The van der Waals surface area contributed by atoms with Crippen molar-refractivity contribution in [1.29, 1.82) is 0 Å². The summed E-state index contributed by atoms with van der Waals surface area (Å²) < 4.78 is 11.5. The maximum Gasteiger partial charge on any atom is 0.257 e. The first-order valence-electron chi connectivity index (χ1n) is 10.3. The predicted molar refractivity (Wildman–Crippen MR) is 113 cm³/mol. The summed E-state index contributed by atoms with van der Waals surface area (Å²) in [6.45, 7) is 5.87. The first-order valence-corrected chi connectivity index (χ1v) is 10.3. The van der Waals surface area contributed by atoms with Crippen molar-refractivity contribution in [2.75, 3.05) is 46.0 Å². The highest BCUT2D eigenvalue weighted by Gasteiger charge is 2.26. The lowest BCUT2D eigenvalue weighted by atomic mass is 10.1. The number of nitrogens with zero attached hydrogens (tertiary/aromatic N) is 2. The maximum atomic E-state index is 13.0. The van der Waals surface area contributed by atoms with Crippen LogP contribution in [0.5, 0.6) is 11.5 Å². The van der Waals surface area contributed by atoms with E-state index < -0.39 is 0 Å². The minimum Gasteiger partial charge on any atom is -0.490 e. The third-order valence-electron chi connectivity index (χ3n) is 5.27. The Kier molecular flexibility index (Phi) is 7.90. The molecule has 1 aliphatic heterocycles. The van der Waals surface area contributed by atoms with Gasteiger partial charge in [-0.2, -0.15) is 0 Å². The van der Waals surface area contributed by atoms with Crippen molar-refractivity contribution in [3.63, 3.8) is 0 Å². The number of para-hydroxylation sites is 2. The molecule has 0 aromatic heterocycles. The second-order valence-corrected chi connectivity index (χ2v) is 7.08. The summed E-state index contributed by atoms with van der Waals surface area (Å²) in [5, 5.41) is 9.49. The number of rotatable bonds is 9. The third kappa shape index (κ3) is 5.71. The van der Waals surface area contributed by atoms with E-state index in [1.165, 1.54) is 0 Å². The molecule has 1 aliphatic rings. The van der Waals surface area contributed by atoms with Crippen LogP contribution in [-0.4, -0.2) is 72.9 Å². The molecule has 0 radical (unpaired) electrons. The summed E-state index contributed by atoms with van der Waals surface area (Å²) in [7, 11) is 0. The van der Waals surface area contributed by atoms with E-state index in [2.05, 4.69) is 11.8 Å². The molecular weight excluding hydrogens is 368 g/mol. The van der Waals surface area contributed by atoms with E-state index in [-0.39, 0.29) is 18.6 Å². The molecule has 0 spiro atoms. The lowest BCUT2D eigenvalue weighted by Gasteiger charge is -2.38. The number of carbonyl (C=O) groups excluding carboxylic acids is 1. The Balaban J connectivity index is 1.53. The highest BCUT2D eigenvalue weighted by Crippen LogP contribution is 2.21. The van der Waals surface area contributed by atoms with Crippen LogP contribution in [0.2, 0.25) is 0 Å². The van der Waals surface area contributed by atoms with E-state index in [9.17, 15) is 9.90 Å². The molecule has 2 aromatic carbocycles. The fraction of sp³-hybridized carbons (Fsp3) is 0.435. The molecule has 0 unspecified atom stereocenters. The third-order valence-corrected chi connectivity index (χ3v) is 5.27. The van der Waals surface area contributed by atoms with Crippen molar-refractivity contribution in [3.8, 4) is 11.5 Å². The number of hydrogen-bond donors (Lipinski definition) is 1. The van der Waals surface area contributed by atoms with Gasteiger partial charge in [-0.1, -0.05) is 37.3 Å². The number of aliphatic hydroxyl groups is 1. The van der Waals surface area contributed by atoms with E-state index in [0.717, 1.165) is 25.3 Å². The van der Waals surface area contributed by atoms with Crippen LogP contribution in [0.4, 0.5) is 0 Å². The molecule has 6 nitrogen and oxygen atoms in total. The van der Waals surface area contributed by atoms with E-state index >= 15 is 0 Å². The lowest BCUT2D eigenvalue weighted by molar-refractivity contribution is 0.0469. The van der Waals surface area contributed by atoms with Gasteiger partial charge in [-0.05, 0) is 30.7 Å². The minimum atomic E-state index is -0.0127. The van der Waals surface area contributed by atoms with Gasteiger partial charge in [0.25, 0.3) is 5.91 Å². The normalized spacial score (nSPS) is 15.7. The first kappa shape index (κ1) is 21.1. The second kappa shape index (κ2) is 10.8. The van der Waals surface area contributed by atoms with Gasteiger partial charge in [0.2, 0.25) is 0 Å². The first-order chi connectivity index (χ1) is 14.2. The van der Waals surface area contributed by atoms with Crippen LogP contribution in [-0.2, 0) is 0 Å². The predicted octanol–water partition coefficient (Wildman–Crippen LogP) is 2.67. The molecule has 6 heteroatoms. The Morgan fingerprint density at radius 3 is 2.31 bits per heavy atom. The molecule has 0 saturated carbocycles. The summed E-state index contributed by atoms with van der Waals surface area (Å²) in [5.41, 5.74) is 0.579. The molecule has 0 bridgehead atoms. The zero-order valence-electron chi connectivity index (χ0n) is 17.0. The van der Waals surface area contributed by atoms with Crippen LogP contribution in [0.25, 0.3) is 0 Å². The number of amides is 1. The van der Waals surface area contributed by atoms with Gasteiger partial charge in [0.1, 0.15) is 24.7 Å². The van der Waals surface area contributed by atoms with Gasteiger partial charge in [-0.15, -0.1) is 0 Å². The summed E-state index contributed by atoms with van der Waals surface area (Å²) in [6.07, 6.45) is 0.909. The quantitative estimate of drug-likeness (QED) is 0.658. The topological polar surface area (TPSA) is 62.2 Å². The average molecular weight is 399 g/mol. The molecule has 29 heavy (non-hydrogen) atoms. The molecule has 156 valence electrons. The smallest absolute Gasteiger partial charge is 0.257 e. The van der Waals surface area contributed by atoms with Crippen LogP contribution >= 0.6 is 0 Å². The summed E-state index contributed by atoms with van der Waals surface area (Å²) in [4.78, 5) is 17.2. The molecule has 1 saturated heterocycles. The maximum absolute atomic E-state index is 13.0. The minimum absolute atomic E-state index is 0.0127. The Morgan fingerprint density at radius 2 is 1.62 bits per heavy atom. The van der Waals surface area contributed by atoms with E-state index in [0.29, 0.717) is 37.6 Å². The molecule has 1 atom stereocenters. The summed E-state index contributed by atoms with van der Waals surface area (Å²) in [5.74, 6) is 1.37. The van der Waals surface area contributed by atoms with Crippen LogP contribution in [0.3, 0.4) is 0 Å². The molecule has 1 heterocycles. The summed E-state index contributed by atoms with van der Waals surface area (Å²) in [6, 6.07) is 17.1. The van der Waals surface area contributed by atoms with Gasteiger partial charge in [0.15, 0.2) is 0 Å². The van der Waals surface area contributed by atoms with Gasteiger partial charge in [-0.25, -0.2) is 0 Å². The highest BCUT2D eigenvalue weighted by molar-refractivity contribution is 5.97. The van der Waals surface area contributed by atoms with E-state index in [1.54, 1.807) is 0 Å². The lowest BCUT2D eigenvalue weighted by Crippen LogP contribution is -2.52. The molecule has 1 amide bonds. The number of carbonyl (C=O) groups is 1. The van der Waals surface area contributed by atoms with E-state index in [4.69, 9.17) is 9.47 Å². The van der Waals surface area contributed by atoms with Crippen molar-refractivity contribution in [2.24, 2.45) is 0 Å². The number of aliphatic hydroxyl groups excluding tert-OH is 1. The molecule has 1 fully saturated rings. The Bertz CT molecular complexity index is 756. The zero-order chi connectivity index (χ0) is 20.5. The fourth-order valence-corrected chi connectivity index (χ4v) is 3.56. The molecule has 2 aromatic rings. The SMILES string of the molecule is CC[C@@H](CO)N1CCN(C(=O)c2ccccc2OCCOc2ccccc2)CC1. The number of benzene rings is 2. The van der Waals surface area contributed by atoms with Crippen molar-refractivity contribution in [2.45, 2.75) is 19.4 Å². The largest absolute Gasteiger partial charge is 0.490 e. The van der Waals surface area contributed by atoms with Crippen LogP contribution in [0.15, 0.2) is 54.6 Å². The number of hydrogen-bond acceptors (Lipinski definition) is 5.